The van der Waals surface area contributed by atoms with Crippen molar-refractivity contribution in [3.8, 4) is 5.69 Å². The number of rotatable bonds is 4. The molecule has 2 aromatic carbocycles. The SMILES string of the molecule is Cc1nn(-c2ccccc2)c(C)c1NC(=O)NC(C)c1ccc(Cl)cc1Cl. The lowest BCUT2D eigenvalue weighted by Gasteiger charge is -2.16. The molecule has 0 aliphatic carbocycles. The molecular formula is C20H20Cl2N4O. The molecule has 0 spiro atoms. The van der Waals surface area contributed by atoms with Crippen molar-refractivity contribution in [3.63, 3.8) is 0 Å². The van der Waals surface area contributed by atoms with Gasteiger partial charge in [-0.25, -0.2) is 9.48 Å². The van der Waals surface area contributed by atoms with Crippen molar-refractivity contribution in [3.05, 3.63) is 75.5 Å². The summed E-state index contributed by atoms with van der Waals surface area (Å²) in [5.74, 6) is 0. The Hall–Kier alpha value is -2.50. The van der Waals surface area contributed by atoms with E-state index < -0.39 is 0 Å². The van der Waals surface area contributed by atoms with Gasteiger partial charge in [0, 0.05) is 10.0 Å². The molecule has 0 bridgehead atoms. The average Bonchev–Trinajstić information content (AvgIpc) is 2.90. The van der Waals surface area contributed by atoms with Crippen LogP contribution in [0, 0.1) is 13.8 Å². The van der Waals surface area contributed by atoms with Crippen molar-refractivity contribution >= 4 is 34.9 Å². The Morgan fingerprint density at radius 2 is 1.81 bits per heavy atom. The molecule has 0 radical (unpaired) electrons. The Labute approximate surface area is 168 Å². The number of carbonyl (C=O) groups is 1. The molecule has 1 aromatic heterocycles. The van der Waals surface area contributed by atoms with Crippen LogP contribution in [0.5, 0.6) is 0 Å². The van der Waals surface area contributed by atoms with Crippen LogP contribution in [0.1, 0.15) is 29.9 Å². The third-order valence-corrected chi connectivity index (χ3v) is 4.87. The minimum Gasteiger partial charge on any atom is -0.331 e. The van der Waals surface area contributed by atoms with E-state index in [4.69, 9.17) is 23.2 Å². The van der Waals surface area contributed by atoms with Crippen molar-refractivity contribution in [1.29, 1.82) is 0 Å². The minimum absolute atomic E-state index is 0.278. The molecule has 5 nitrogen and oxygen atoms in total. The standard InChI is InChI=1S/C20H20Cl2N4O/c1-12(17-10-9-15(21)11-18(17)22)23-20(27)24-19-13(2)25-26(14(19)3)16-7-5-4-6-8-16/h4-12H,1-3H3,(H2,23,24,27). The monoisotopic (exact) mass is 402 g/mol. The maximum Gasteiger partial charge on any atom is 0.319 e. The summed E-state index contributed by atoms with van der Waals surface area (Å²) in [4.78, 5) is 12.5. The van der Waals surface area contributed by atoms with Gasteiger partial charge in [-0.3, -0.25) is 0 Å². The van der Waals surface area contributed by atoms with E-state index in [0.717, 1.165) is 22.6 Å². The summed E-state index contributed by atoms with van der Waals surface area (Å²) >= 11 is 12.1. The number of nitrogens with zero attached hydrogens (tertiary/aromatic N) is 2. The van der Waals surface area contributed by atoms with Gasteiger partial charge in [0.05, 0.1) is 28.8 Å². The average molecular weight is 403 g/mol. The van der Waals surface area contributed by atoms with Gasteiger partial charge in [0.2, 0.25) is 0 Å². The molecule has 7 heteroatoms. The smallest absolute Gasteiger partial charge is 0.319 e. The number of aromatic nitrogens is 2. The molecule has 3 rings (SSSR count). The van der Waals surface area contributed by atoms with Crippen molar-refractivity contribution in [2.75, 3.05) is 5.32 Å². The van der Waals surface area contributed by atoms with Gasteiger partial charge in [-0.2, -0.15) is 5.10 Å². The zero-order chi connectivity index (χ0) is 19.6. The number of para-hydroxylation sites is 1. The molecular weight excluding hydrogens is 383 g/mol. The molecule has 0 saturated carbocycles. The molecule has 0 saturated heterocycles. The van der Waals surface area contributed by atoms with Crippen molar-refractivity contribution in [2.45, 2.75) is 26.8 Å². The van der Waals surface area contributed by atoms with Gasteiger partial charge in [-0.1, -0.05) is 47.5 Å². The number of hydrogen-bond donors (Lipinski definition) is 2. The third-order valence-electron chi connectivity index (χ3n) is 4.31. The molecule has 2 N–H and O–H groups in total. The topological polar surface area (TPSA) is 59.0 Å². The fourth-order valence-corrected chi connectivity index (χ4v) is 3.49. The van der Waals surface area contributed by atoms with Crippen LogP contribution in [-0.4, -0.2) is 15.8 Å². The first-order valence-electron chi connectivity index (χ1n) is 8.51. The quantitative estimate of drug-likeness (QED) is 0.589. The Kier molecular flexibility index (Phi) is 5.73. The molecule has 1 heterocycles. The molecule has 3 aromatic rings. The van der Waals surface area contributed by atoms with E-state index in [1.165, 1.54) is 0 Å². The predicted octanol–water partition coefficient (Wildman–Crippen LogP) is 5.68. The first kappa shape index (κ1) is 19.3. The maximum absolute atomic E-state index is 12.5. The third kappa shape index (κ3) is 4.26. The number of urea groups is 1. The van der Waals surface area contributed by atoms with Gasteiger partial charge in [-0.05, 0) is 50.6 Å². The van der Waals surface area contributed by atoms with Crippen LogP contribution in [0.15, 0.2) is 48.5 Å². The lowest BCUT2D eigenvalue weighted by atomic mass is 10.1. The van der Waals surface area contributed by atoms with Crippen LogP contribution >= 0.6 is 23.2 Å². The fraction of sp³-hybridized carbons (Fsp3) is 0.200. The summed E-state index contributed by atoms with van der Waals surface area (Å²) in [7, 11) is 0. The first-order valence-corrected chi connectivity index (χ1v) is 9.26. The summed E-state index contributed by atoms with van der Waals surface area (Å²) in [6, 6.07) is 14.4. The van der Waals surface area contributed by atoms with Crippen molar-refractivity contribution < 1.29 is 4.79 Å². The van der Waals surface area contributed by atoms with Crippen LogP contribution in [0.3, 0.4) is 0 Å². The van der Waals surface area contributed by atoms with Crippen LogP contribution < -0.4 is 10.6 Å². The zero-order valence-electron chi connectivity index (χ0n) is 15.3. The Morgan fingerprint density at radius 3 is 2.48 bits per heavy atom. The number of halogens is 2. The van der Waals surface area contributed by atoms with Crippen LogP contribution in [0.4, 0.5) is 10.5 Å². The van der Waals surface area contributed by atoms with Gasteiger partial charge >= 0.3 is 6.03 Å². The minimum atomic E-state index is -0.327. The lowest BCUT2D eigenvalue weighted by Crippen LogP contribution is -2.31. The second-order valence-corrected chi connectivity index (χ2v) is 7.12. The van der Waals surface area contributed by atoms with E-state index in [-0.39, 0.29) is 12.1 Å². The highest BCUT2D eigenvalue weighted by Gasteiger charge is 2.17. The number of aryl methyl sites for hydroxylation is 1. The number of nitrogens with one attached hydrogen (secondary N) is 2. The lowest BCUT2D eigenvalue weighted by molar-refractivity contribution is 0.249. The highest BCUT2D eigenvalue weighted by molar-refractivity contribution is 6.35. The predicted molar refractivity (Wildman–Crippen MR) is 110 cm³/mol. The summed E-state index contributed by atoms with van der Waals surface area (Å²) < 4.78 is 1.81. The highest BCUT2D eigenvalue weighted by atomic mass is 35.5. The number of hydrogen-bond acceptors (Lipinski definition) is 2. The molecule has 27 heavy (non-hydrogen) atoms. The zero-order valence-corrected chi connectivity index (χ0v) is 16.8. The van der Waals surface area contributed by atoms with Crippen molar-refractivity contribution in [2.24, 2.45) is 0 Å². The molecule has 1 atom stereocenters. The Morgan fingerprint density at radius 1 is 1.11 bits per heavy atom. The summed E-state index contributed by atoms with van der Waals surface area (Å²) in [5, 5.41) is 11.4. The number of amides is 2. The van der Waals surface area contributed by atoms with Crippen LogP contribution in [0.2, 0.25) is 10.0 Å². The largest absolute Gasteiger partial charge is 0.331 e. The van der Waals surface area contributed by atoms with Crippen LogP contribution in [0.25, 0.3) is 5.69 Å². The molecule has 0 aliphatic rings. The second-order valence-electron chi connectivity index (χ2n) is 6.28. The van der Waals surface area contributed by atoms with E-state index >= 15 is 0 Å². The number of carbonyl (C=O) groups excluding carboxylic acids is 1. The van der Waals surface area contributed by atoms with Gasteiger partial charge in [0.25, 0.3) is 0 Å². The summed E-state index contributed by atoms with van der Waals surface area (Å²) in [6.07, 6.45) is 0. The molecule has 2 amide bonds. The van der Waals surface area contributed by atoms with E-state index in [9.17, 15) is 4.79 Å². The molecule has 1 unspecified atom stereocenters. The van der Waals surface area contributed by atoms with Gasteiger partial charge in [0.15, 0.2) is 0 Å². The van der Waals surface area contributed by atoms with Crippen molar-refractivity contribution in [1.82, 2.24) is 15.1 Å². The summed E-state index contributed by atoms with van der Waals surface area (Å²) in [5.41, 5.74) is 4.01. The molecule has 0 aliphatic heterocycles. The van der Waals surface area contributed by atoms with Gasteiger partial charge in [-0.15, -0.1) is 0 Å². The molecule has 0 fully saturated rings. The Bertz CT molecular complexity index is 970. The fourth-order valence-electron chi connectivity index (χ4n) is 2.92. The number of benzene rings is 2. The van der Waals surface area contributed by atoms with E-state index in [1.54, 1.807) is 18.2 Å². The molecule has 140 valence electrons. The van der Waals surface area contributed by atoms with Gasteiger partial charge < -0.3 is 10.6 Å². The van der Waals surface area contributed by atoms with E-state index in [1.807, 2.05) is 55.8 Å². The van der Waals surface area contributed by atoms with E-state index in [2.05, 4.69) is 15.7 Å². The van der Waals surface area contributed by atoms with E-state index in [0.29, 0.717) is 15.7 Å². The Balaban J connectivity index is 1.75. The van der Waals surface area contributed by atoms with Gasteiger partial charge in [0.1, 0.15) is 0 Å². The summed E-state index contributed by atoms with van der Waals surface area (Å²) in [6.45, 7) is 5.64. The second kappa shape index (κ2) is 8.03. The van der Waals surface area contributed by atoms with Crippen LogP contribution in [-0.2, 0) is 0 Å². The number of anilines is 1. The maximum atomic E-state index is 12.5. The normalized spacial score (nSPS) is 11.9. The first-order chi connectivity index (χ1) is 12.9. The highest BCUT2D eigenvalue weighted by Crippen LogP contribution is 2.27.